The summed E-state index contributed by atoms with van der Waals surface area (Å²) in [7, 11) is -4.86. The number of rotatable bonds is 3. The maximum Gasteiger partial charge on any atom is 1.00 e. The van der Waals surface area contributed by atoms with Crippen molar-refractivity contribution in [2.24, 2.45) is 0 Å². The molecule has 0 radical (unpaired) electrons. The molecular weight excluding hydrogens is 269 g/mol. The molecule has 0 amide bonds. The van der Waals surface area contributed by atoms with Gasteiger partial charge in [0.2, 0.25) is 0 Å². The van der Waals surface area contributed by atoms with Crippen molar-refractivity contribution in [3.63, 3.8) is 0 Å². The molecule has 82 valence electrons. The van der Waals surface area contributed by atoms with Crippen LogP contribution < -0.4 is 29.6 Å². The van der Waals surface area contributed by atoms with Crippen molar-refractivity contribution in [3.05, 3.63) is 33.9 Å². The van der Waals surface area contributed by atoms with E-state index in [1.54, 1.807) is 0 Å². The summed E-state index contributed by atoms with van der Waals surface area (Å²) in [5.74, 6) is -0.236. The fourth-order valence-corrected chi connectivity index (χ4v) is 1.99. The number of nitro groups is 1. The van der Waals surface area contributed by atoms with Crippen LogP contribution in [0.5, 0.6) is 0 Å². The molecule has 9 heteroatoms. The summed E-state index contributed by atoms with van der Waals surface area (Å²) in [6.07, 6.45) is 0. The molecule has 0 atom stereocenters. The zero-order chi connectivity index (χ0) is 11.6. The minimum atomic E-state index is -4.86. The first kappa shape index (κ1) is 15.8. The van der Waals surface area contributed by atoms with Gasteiger partial charge >= 0.3 is 29.6 Å². The Bertz CT molecular complexity index is 503. The van der Waals surface area contributed by atoms with Crippen molar-refractivity contribution in [1.29, 1.82) is 0 Å². The van der Waals surface area contributed by atoms with Gasteiger partial charge in [0.25, 0.3) is 5.69 Å². The fourth-order valence-electron chi connectivity index (χ4n) is 1.08. The minimum Gasteiger partial charge on any atom is -0.744 e. The zero-order valence-electron chi connectivity index (χ0n) is 8.21. The number of alkyl halides is 1. The van der Waals surface area contributed by atoms with E-state index in [-0.39, 0.29) is 41.0 Å². The second kappa shape index (κ2) is 5.95. The van der Waals surface area contributed by atoms with Crippen LogP contribution in [-0.4, -0.2) is 17.9 Å². The Morgan fingerprint density at radius 1 is 1.38 bits per heavy atom. The van der Waals surface area contributed by atoms with E-state index in [1.807, 2.05) is 0 Å². The van der Waals surface area contributed by atoms with Crippen molar-refractivity contribution in [3.8, 4) is 0 Å². The standard InChI is InChI=1S/C7H6ClNO5S.Na/c8-4-5-2-1-3-6(15(12,13)14)7(5)9(10)11;/h1-3H,4H2,(H,12,13,14);/q;+1/p-1. The van der Waals surface area contributed by atoms with Crippen LogP contribution in [-0.2, 0) is 16.0 Å². The molecule has 0 aliphatic carbocycles. The van der Waals surface area contributed by atoms with Gasteiger partial charge in [-0.2, -0.15) is 0 Å². The second-order valence-corrected chi connectivity index (χ2v) is 4.22. The molecule has 0 fully saturated rings. The number of hydrogen-bond donors (Lipinski definition) is 0. The van der Waals surface area contributed by atoms with E-state index in [9.17, 15) is 23.1 Å². The normalized spacial score (nSPS) is 10.6. The van der Waals surface area contributed by atoms with E-state index in [0.717, 1.165) is 6.07 Å². The van der Waals surface area contributed by atoms with Gasteiger partial charge in [-0.15, -0.1) is 11.6 Å². The number of nitrogens with zero attached hydrogens (tertiary/aromatic N) is 1. The van der Waals surface area contributed by atoms with E-state index in [4.69, 9.17) is 11.6 Å². The van der Waals surface area contributed by atoms with Gasteiger partial charge in [-0.05, 0) is 6.07 Å². The van der Waals surface area contributed by atoms with Gasteiger partial charge in [0.1, 0.15) is 15.0 Å². The number of hydrogen-bond acceptors (Lipinski definition) is 5. The Morgan fingerprint density at radius 3 is 2.31 bits per heavy atom. The van der Waals surface area contributed by atoms with Gasteiger partial charge in [0.05, 0.1) is 10.8 Å². The number of nitro benzene ring substituents is 1. The molecule has 0 N–H and O–H groups in total. The van der Waals surface area contributed by atoms with Crippen LogP contribution in [0.3, 0.4) is 0 Å². The molecule has 0 saturated carbocycles. The third kappa shape index (κ3) is 3.41. The van der Waals surface area contributed by atoms with E-state index >= 15 is 0 Å². The number of benzene rings is 1. The first-order valence-electron chi connectivity index (χ1n) is 3.66. The predicted octanol–water partition coefficient (Wildman–Crippen LogP) is -1.76. The molecule has 6 nitrogen and oxygen atoms in total. The largest absolute Gasteiger partial charge is 1.00 e. The van der Waals surface area contributed by atoms with Gasteiger partial charge in [-0.1, -0.05) is 12.1 Å². The summed E-state index contributed by atoms with van der Waals surface area (Å²) in [6, 6.07) is 3.41. The van der Waals surface area contributed by atoms with Crippen molar-refractivity contribution in [2.45, 2.75) is 10.8 Å². The maximum absolute atomic E-state index is 10.7. The molecule has 1 aromatic rings. The first-order chi connectivity index (χ1) is 6.88. The Kier molecular flexibility index (Phi) is 5.88. The summed E-state index contributed by atoms with van der Waals surface area (Å²) in [4.78, 5) is 8.81. The minimum absolute atomic E-state index is 0. The van der Waals surface area contributed by atoms with Gasteiger partial charge in [-0.25, -0.2) is 8.42 Å². The third-order valence-corrected chi connectivity index (χ3v) is 2.83. The van der Waals surface area contributed by atoms with Gasteiger partial charge in [0, 0.05) is 5.56 Å². The average Bonchev–Trinajstić information content (AvgIpc) is 2.15. The molecular formula is C7H5ClNNaO5S. The molecule has 0 aromatic heterocycles. The molecule has 0 spiro atoms. The fraction of sp³-hybridized carbons (Fsp3) is 0.143. The monoisotopic (exact) mass is 273 g/mol. The van der Waals surface area contributed by atoms with Crippen LogP contribution >= 0.6 is 11.6 Å². The molecule has 0 unspecified atom stereocenters. The van der Waals surface area contributed by atoms with E-state index < -0.39 is 25.6 Å². The van der Waals surface area contributed by atoms with E-state index in [2.05, 4.69) is 0 Å². The van der Waals surface area contributed by atoms with Crippen LogP contribution in [0, 0.1) is 10.1 Å². The summed E-state index contributed by atoms with van der Waals surface area (Å²) in [5.41, 5.74) is -0.749. The predicted molar refractivity (Wildman–Crippen MR) is 50.6 cm³/mol. The van der Waals surface area contributed by atoms with Crippen LogP contribution in [0.1, 0.15) is 5.56 Å². The Balaban J connectivity index is 0.00000225. The Morgan fingerprint density at radius 2 is 1.94 bits per heavy atom. The van der Waals surface area contributed by atoms with E-state index in [0.29, 0.717) is 0 Å². The topological polar surface area (TPSA) is 100 Å². The number of para-hydroxylation sites is 1. The molecule has 1 rings (SSSR count). The van der Waals surface area contributed by atoms with Crippen molar-refractivity contribution in [1.82, 2.24) is 0 Å². The van der Waals surface area contributed by atoms with Crippen molar-refractivity contribution < 1.29 is 47.5 Å². The van der Waals surface area contributed by atoms with Crippen LogP contribution in [0.4, 0.5) is 5.69 Å². The maximum atomic E-state index is 10.7. The Labute approximate surface area is 119 Å². The van der Waals surface area contributed by atoms with Crippen LogP contribution in [0.25, 0.3) is 0 Å². The number of halogens is 1. The van der Waals surface area contributed by atoms with Crippen LogP contribution in [0.2, 0.25) is 0 Å². The summed E-state index contributed by atoms with van der Waals surface area (Å²) in [6.45, 7) is 0. The summed E-state index contributed by atoms with van der Waals surface area (Å²) in [5, 5.41) is 10.6. The molecule has 0 aliphatic heterocycles. The smallest absolute Gasteiger partial charge is 0.744 e. The van der Waals surface area contributed by atoms with Crippen molar-refractivity contribution in [2.75, 3.05) is 0 Å². The summed E-state index contributed by atoms with van der Waals surface area (Å²) < 4.78 is 32.2. The van der Waals surface area contributed by atoms with Gasteiger partial charge < -0.3 is 4.55 Å². The molecule has 0 aliphatic rings. The van der Waals surface area contributed by atoms with E-state index in [1.165, 1.54) is 12.1 Å². The zero-order valence-corrected chi connectivity index (χ0v) is 11.8. The molecule has 0 heterocycles. The first-order valence-corrected chi connectivity index (χ1v) is 5.60. The molecule has 16 heavy (non-hydrogen) atoms. The third-order valence-electron chi connectivity index (χ3n) is 1.68. The molecule has 0 saturated heterocycles. The SMILES string of the molecule is O=[N+]([O-])c1c(CCl)cccc1S(=O)(=O)[O-].[Na+]. The van der Waals surface area contributed by atoms with Gasteiger partial charge in [-0.3, -0.25) is 10.1 Å². The van der Waals surface area contributed by atoms with Crippen molar-refractivity contribution >= 4 is 27.4 Å². The average molecular weight is 274 g/mol. The second-order valence-electron chi connectivity index (χ2n) is 2.61. The Hall–Kier alpha value is -0.180. The van der Waals surface area contributed by atoms with Crippen LogP contribution in [0.15, 0.2) is 23.1 Å². The molecule has 0 bridgehead atoms. The molecule has 1 aromatic carbocycles. The summed E-state index contributed by atoms with van der Waals surface area (Å²) >= 11 is 5.40. The van der Waals surface area contributed by atoms with Gasteiger partial charge in [0.15, 0.2) is 0 Å². The quantitative estimate of drug-likeness (QED) is 0.214.